The lowest BCUT2D eigenvalue weighted by Gasteiger charge is -2.12. The zero-order valence-electron chi connectivity index (χ0n) is 11.1. The van der Waals surface area contributed by atoms with E-state index in [-0.39, 0.29) is 5.56 Å². The van der Waals surface area contributed by atoms with Crippen molar-refractivity contribution in [2.24, 2.45) is 0 Å². The number of aryl methyl sites for hydroxylation is 1. The molecule has 1 atom stereocenters. The predicted octanol–water partition coefficient (Wildman–Crippen LogP) is 2.80. The van der Waals surface area contributed by atoms with Crippen molar-refractivity contribution in [2.75, 3.05) is 0 Å². The Hall–Kier alpha value is -1.87. The van der Waals surface area contributed by atoms with Crippen LogP contribution >= 0.6 is 0 Å². The summed E-state index contributed by atoms with van der Waals surface area (Å²) in [7, 11) is 0. The van der Waals surface area contributed by atoms with Crippen molar-refractivity contribution in [3.63, 3.8) is 0 Å². The number of aromatic amines is 1. The van der Waals surface area contributed by atoms with Gasteiger partial charge in [-0.25, -0.2) is 0 Å². The summed E-state index contributed by atoms with van der Waals surface area (Å²) in [4.78, 5) is 14.5. The van der Waals surface area contributed by atoms with Gasteiger partial charge in [-0.2, -0.15) is 0 Å². The second kappa shape index (κ2) is 6.34. The molecule has 0 radical (unpaired) electrons. The van der Waals surface area contributed by atoms with Gasteiger partial charge in [0.1, 0.15) is 6.10 Å². The summed E-state index contributed by atoms with van der Waals surface area (Å²) >= 11 is 0. The molecule has 1 heterocycles. The van der Waals surface area contributed by atoms with Crippen molar-refractivity contribution < 1.29 is 5.11 Å². The number of aliphatic hydroxyl groups is 1. The van der Waals surface area contributed by atoms with Crippen LogP contribution in [-0.4, -0.2) is 10.1 Å². The molecule has 100 valence electrons. The second-order valence-corrected chi connectivity index (χ2v) is 4.72. The fourth-order valence-corrected chi connectivity index (χ4v) is 2.11. The highest BCUT2D eigenvalue weighted by atomic mass is 16.3. The highest BCUT2D eigenvalue weighted by molar-refractivity contribution is 5.29. The summed E-state index contributed by atoms with van der Waals surface area (Å²) in [5, 5.41) is 10.3. The molecule has 0 aliphatic carbocycles. The van der Waals surface area contributed by atoms with E-state index in [9.17, 15) is 9.90 Å². The third-order valence-electron chi connectivity index (χ3n) is 3.15. The standard InChI is InChI=1S/C16H19NO2/c1-2-3-9-14-10-13(11-15(18)17-14)16(19)12-7-5-4-6-8-12/h4-8,10-11,16,19H,2-3,9H2,1H3,(H,17,18). The van der Waals surface area contributed by atoms with E-state index < -0.39 is 6.10 Å². The van der Waals surface area contributed by atoms with Crippen molar-refractivity contribution in [1.82, 2.24) is 4.98 Å². The van der Waals surface area contributed by atoms with E-state index in [1.54, 1.807) is 0 Å². The third-order valence-corrected chi connectivity index (χ3v) is 3.15. The largest absolute Gasteiger partial charge is 0.384 e. The number of rotatable bonds is 5. The number of hydrogen-bond acceptors (Lipinski definition) is 2. The molecule has 0 spiro atoms. The first-order chi connectivity index (χ1) is 9.20. The van der Waals surface area contributed by atoms with Crippen LogP contribution in [0, 0.1) is 0 Å². The predicted molar refractivity (Wildman–Crippen MR) is 76.2 cm³/mol. The Balaban J connectivity index is 2.29. The zero-order chi connectivity index (χ0) is 13.7. The molecule has 3 nitrogen and oxygen atoms in total. The van der Waals surface area contributed by atoms with E-state index in [2.05, 4.69) is 11.9 Å². The molecular formula is C16H19NO2. The van der Waals surface area contributed by atoms with Gasteiger partial charge in [-0.1, -0.05) is 43.7 Å². The van der Waals surface area contributed by atoms with Crippen LogP contribution in [0.5, 0.6) is 0 Å². The van der Waals surface area contributed by atoms with Gasteiger partial charge in [0.05, 0.1) is 0 Å². The van der Waals surface area contributed by atoms with Gasteiger partial charge in [0.25, 0.3) is 0 Å². The minimum Gasteiger partial charge on any atom is -0.384 e. The number of nitrogens with one attached hydrogen (secondary N) is 1. The minimum atomic E-state index is -0.746. The fraction of sp³-hybridized carbons (Fsp3) is 0.312. The van der Waals surface area contributed by atoms with E-state index in [1.165, 1.54) is 6.07 Å². The van der Waals surface area contributed by atoms with Gasteiger partial charge in [-0.15, -0.1) is 0 Å². The Morgan fingerprint density at radius 1 is 1.16 bits per heavy atom. The second-order valence-electron chi connectivity index (χ2n) is 4.72. The number of unbranched alkanes of at least 4 members (excludes halogenated alkanes) is 1. The first-order valence-electron chi connectivity index (χ1n) is 6.67. The van der Waals surface area contributed by atoms with E-state index in [1.807, 2.05) is 36.4 Å². The van der Waals surface area contributed by atoms with Crippen LogP contribution in [0.1, 0.15) is 42.7 Å². The van der Waals surface area contributed by atoms with Crippen molar-refractivity contribution in [1.29, 1.82) is 0 Å². The molecule has 3 heteroatoms. The molecule has 2 N–H and O–H groups in total. The molecule has 1 aromatic carbocycles. The molecule has 2 aromatic rings. The molecule has 0 aliphatic heterocycles. The average molecular weight is 257 g/mol. The van der Waals surface area contributed by atoms with Crippen molar-refractivity contribution in [3.05, 3.63) is 69.6 Å². The van der Waals surface area contributed by atoms with Gasteiger partial charge < -0.3 is 10.1 Å². The van der Waals surface area contributed by atoms with Crippen LogP contribution in [0.3, 0.4) is 0 Å². The van der Waals surface area contributed by atoms with Crippen LogP contribution in [-0.2, 0) is 6.42 Å². The molecule has 0 fully saturated rings. The van der Waals surface area contributed by atoms with Crippen LogP contribution in [0.2, 0.25) is 0 Å². The number of H-pyrrole nitrogens is 1. The first kappa shape index (κ1) is 13.6. The lowest BCUT2D eigenvalue weighted by molar-refractivity contribution is 0.220. The molecule has 0 amide bonds. The van der Waals surface area contributed by atoms with E-state index >= 15 is 0 Å². The third kappa shape index (κ3) is 3.55. The van der Waals surface area contributed by atoms with Crippen molar-refractivity contribution >= 4 is 0 Å². The van der Waals surface area contributed by atoms with Gasteiger partial charge in [0.15, 0.2) is 0 Å². The van der Waals surface area contributed by atoms with Gasteiger partial charge >= 0.3 is 0 Å². The number of pyridine rings is 1. The molecule has 0 saturated carbocycles. The molecule has 1 unspecified atom stereocenters. The van der Waals surface area contributed by atoms with Crippen LogP contribution in [0.4, 0.5) is 0 Å². The van der Waals surface area contributed by atoms with Gasteiger partial charge in [0, 0.05) is 11.8 Å². The maximum atomic E-state index is 11.6. The minimum absolute atomic E-state index is 0.154. The fourth-order valence-electron chi connectivity index (χ4n) is 2.11. The summed E-state index contributed by atoms with van der Waals surface area (Å²) in [6, 6.07) is 12.7. The smallest absolute Gasteiger partial charge is 0.248 e. The Morgan fingerprint density at radius 3 is 2.58 bits per heavy atom. The highest BCUT2D eigenvalue weighted by Gasteiger charge is 2.11. The highest BCUT2D eigenvalue weighted by Crippen LogP contribution is 2.21. The maximum Gasteiger partial charge on any atom is 0.248 e. The van der Waals surface area contributed by atoms with Crippen LogP contribution in [0.15, 0.2) is 47.3 Å². The normalized spacial score (nSPS) is 12.3. The first-order valence-corrected chi connectivity index (χ1v) is 6.67. The lowest BCUT2D eigenvalue weighted by Crippen LogP contribution is -2.12. The Labute approximate surface area is 112 Å². The summed E-state index contributed by atoms with van der Waals surface area (Å²) < 4.78 is 0. The summed E-state index contributed by atoms with van der Waals surface area (Å²) in [6.07, 6.45) is 2.19. The number of aromatic nitrogens is 1. The van der Waals surface area contributed by atoms with Gasteiger partial charge in [-0.05, 0) is 30.0 Å². The summed E-state index contributed by atoms with van der Waals surface area (Å²) in [6.45, 7) is 2.11. The maximum absolute atomic E-state index is 11.6. The monoisotopic (exact) mass is 257 g/mol. The SMILES string of the molecule is CCCCc1cc(C(O)c2ccccc2)cc(=O)[nH]1. The Morgan fingerprint density at radius 2 is 1.89 bits per heavy atom. The Kier molecular flexibility index (Phi) is 4.53. The zero-order valence-corrected chi connectivity index (χ0v) is 11.1. The number of aliphatic hydroxyl groups excluding tert-OH is 1. The molecule has 2 rings (SSSR count). The van der Waals surface area contributed by atoms with Gasteiger partial charge in [-0.3, -0.25) is 4.79 Å². The quantitative estimate of drug-likeness (QED) is 0.865. The van der Waals surface area contributed by atoms with Crippen LogP contribution < -0.4 is 5.56 Å². The molecule has 19 heavy (non-hydrogen) atoms. The molecule has 0 aliphatic rings. The molecule has 0 saturated heterocycles. The summed E-state index contributed by atoms with van der Waals surface area (Å²) in [5.74, 6) is 0. The van der Waals surface area contributed by atoms with E-state index in [0.717, 1.165) is 30.5 Å². The number of hydrogen-bond donors (Lipinski definition) is 2. The van der Waals surface area contributed by atoms with E-state index in [4.69, 9.17) is 0 Å². The van der Waals surface area contributed by atoms with E-state index in [0.29, 0.717) is 5.56 Å². The Bertz CT molecular complexity index is 575. The topological polar surface area (TPSA) is 53.1 Å². The van der Waals surface area contributed by atoms with Gasteiger partial charge in [0.2, 0.25) is 5.56 Å². The summed E-state index contributed by atoms with van der Waals surface area (Å²) in [5.41, 5.74) is 2.19. The molecular weight excluding hydrogens is 238 g/mol. The molecule has 0 bridgehead atoms. The van der Waals surface area contributed by atoms with Crippen LogP contribution in [0.25, 0.3) is 0 Å². The van der Waals surface area contributed by atoms with Crippen molar-refractivity contribution in [2.45, 2.75) is 32.3 Å². The lowest BCUT2D eigenvalue weighted by atomic mass is 10.0. The average Bonchev–Trinajstić information content (AvgIpc) is 2.44. The van der Waals surface area contributed by atoms with Crippen molar-refractivity contribution in [3.8, 4) is 0 Å². The number of benzene rings is 1. The molecule has 1 aromatic heterocycles.